The van der Waals surface area contributed by atoms with Crippen LogP contribution >= 0.6 is 0 Å². The summed E-state index contributed by atoms with van der Waals surface area (Å²) in [6, 6.07) is 8.71. The third-order valence-corrected chi connectivity index (χ3v) is 4.76. The van der Waals surface area contributed by atoms with Crippen LogP contribution < -0.4 is 10.1 Å². The van der Waals surface area contributed by atoms with Gasteiger partial charge in [-0.3, -0.25) is 9.48 Å². The molecule has 0 aliphatic rings. The predicted molar refractivity (Wildman–Crippen MR) is 108 cm³/mol. The third kappa shape index (κ3) is 5.87. The fourth-order valence-electron chi connectivity index (χ4n) is 2.90. The molecule has 0 saturated carbocycles. The van der Waals surface area contributed by atoms with Gasteiger partial charge in [0, 0.05) is 5.69 Å². The van der Waals surface area contributed by atoms with Crippen molar-refractivity contribution in [3.63, 3.8) is 0 Å². The topological polar surface area (TPSA) is 74.0 Å². The first-order valence-electron chi connectivity index (χ1n) is 9.82. The molecule has 0 aliphatic carbocycles. The summed E-state index contributed by atoms with van der Waals surface area (Å²) in [6.45, 7) is 5.42. The van der Waals surface area contributed by atoms with E-state index in [0.717, 1.165) is 12.5 Å². The van der Waals surface area contributed by atoms with Gasteiger partial charge in [-0.05, 0) is 37.1 Å². The molecule has 1 N–H and O–H groups in total. The molecular formula is C21H24F3N5O2. The Morgan fingerprint density at radius 1 is 1.26 bits per heavy atom. The lowest BCUT2D eigenvalue weighted by Gasteiger charge is -2.12. The number of amides is 1. The van der Waals surface area contributed by atoms with E-state index in [1.54, 1.807) is 13.1 Å². The van der Waals surface area contributed by atoms with E-state index in [4.69, 9.17) is 4.74 Å². The molecule has 2 aromatic heterocycles. The van der Waals surface area contributed by atoms with Gasteiger partial charge in [0.25, 0.3) is 0 Å². The third-order valence-electron chi connectivity index (χ3n) is 4.76. The van der Waals surface area contributed by atoms with Gasteiger partial charge in [0.2, 0.25) is 5.91 Å². The first kappa shape index (κ1) is 22.4. The van der Waals surface area contributed by atoms with E-state index in [1.165, 1.54) is 28.0 Å². The van der Waals surface area contributed by atoms with Crippen LogP contribution in [0.3, 0.4) is 0 Å². The maximum absolute atomic E-state index is 12.8. The van der Waals surface area contributed by atoms with E-state index in [0.29, 0.717) is 17.1 Å². The second-order valence-electron chi connectivity index (χ2n) is 7.28. The van der Waals surface area contributed by atoms with Crippen molar-refractivity contribution < 1.29 is 22.7 Å². The van der Waals surface area contributed by atoms with Crippen molar-refractivity contribution >= 4 is 11.6 Å². The summed E-state index contributed by atoms with van der Waals surface area (Å²) in [5.74, 6) is -0.241. The highest BCUT2D eigenvalue weighted by Gasteiger charge is 2.34. The summed E-state index contributed by atoms with van der Waals surface area (Å²) < 4.78 is 46.8. The minimum absolute atomic E-state index is 0.0265. The van der Waals surface area contributed by atoms with Gasteiger partial charge < -0.3 is 10.1 Å². The normalized spacial score (nSPS) is 12.6. The summed E-state index contributed by atoms with van der Waals surface area (Å²) in [4.78, 5) is 12.4. The Bertz CT molecular complexity index is 1020. The van der Waals surface area contributed by atoms with Crippen LogP contribution in [0.25, 0.3) is 0 Å². The van der Waals surface area contributed by atoms with Crippen LogP contribution in [0.5, 0.6) is 5.75 Å². The second-order valence-corrected chi connectivity index (χ2v) is 7.28. The summed E-state index contributed by atoms with van der Waals surface area (Å²) in [5, 5.41) is 10.4. The average Bonchev–Trinajstić information content (AvgIpc) is 3.33. The zero-order chi connectivity index (χ0) is 22.6. The Kier molecular flexibility index (Phi) is 6.67. The van der Waals surface area contributed by atoms with Crippen LogP contribution in [0.4, 0.5) is 18.9 Å². The number of ether oxygens (including phenoxy) is 1. The van der Waals surface area contributed by atoms with Gasteiger partial charge in [0.1, 0.15) is 5.75 Å². The van der Waals surface area contributed by atoms with E-state index in [2.05, 4.69) is 22.4 Å². The Labute approximate surface area is 177 Å². The summed E-state index contributed by atoms with van der Waals surface area (Å²) >= 11 is 0. The minimum Gasteiger partial charge on any atom is -0.471 e. The van der Waals surface area contributed by atoms with E-state index in [9.17, 15) is 18.0 Å². The molecule has 0 saturated heterocycles. The molecule has 0 radical (unpaired) electrons. The molecule has 2 heterocycles. The number of rotatable bonds is 8. The number of anilines is 1. The van der Waals surface area contributed by atoms with Crippen molar-refractivity contribution in [3.8, 4) is 5.75 Å². The number of nitrogens with zero attached hydrogens (tertiary/aromatic N) is 4. The monoisotopic (exact) mass is 435 g/mol. The van der Waals surface area contributed by atoms with Crippen molar-refractivity contribution in [2.75, 3.05) is 5.32 Å². The highest BCUT2D eigenvalue weighted by atomic mass is 19.4. The number of carbonyl (C=O) groups excluding carboxylic acids is 1. The summed E-state index contributed by atoms with van der Waals surface area (Å²) in [7, 11) is 0. The zero-order valence-corrected chi connectivity index (χ0v) is 17.5. The van der Waals surface area contributed by atoms with E-state index in [1.807, 2.05) is 24.3 Å². The lowest BCUT2D eigenvalue weighted by atomic mass is 10.1. The van der Waals surface area contributed by atoms with Crippen molar-refractivity contribution in [1.82, 2.24) is 19.6 Å². The van der Waals surface area contributed by atoms with Crippen LogP contribution in [0.1, 0.15) is 30.8 Å². The molecule has 0 aliphatic heterocycles. The molecule has 3 aromatic rings. The average molecular weight is 435 g/mol. The molecule has 1 atom stereocenters. The number of aryl methyl sites for hydroxylation is 2. The number of aromatic nitrogens is 4. The molecule has 0 bridgehead atoms. The van der Waals surface area contributed by atoms with Gasteiger partial charge in [0.05, 0.1) is 30.5 Å². The number of halogens is 3. The summed E-state index contributed by atoms with van der Waals surface area (Å²) in [5.41, 5.74) is 1.05. The molecule has 31 heavy (non-hydrogen) atoms. The molecule has 0 spiro atoms. The highest BCUT2D eigenvalue weighted by Crippen LogP contribution is 2.28. The van der Waals surface area contributed by atoms with Gasteiger partial charge >= 0.3 is 6.18 Å². The van der Waals surface area contributed by atoms with Crippen molar-refractivity contribution in [3.05, 3.63) is 59.7 Å². The smallest absolute Gasteiger partial charge is 0.435 e. The van der Waals surface area contributed by atoms with Crippen LogP contribution in [-0.2, 0) is 30.7 Å². The fraction of sp³-hybridized carbons (Fsp3) is 0.381. The number of hydrogen-bond acceptors (Lipinski definition) is 4. The van der Waals surface area contributed by atoms with Crippen LogP contribution in [0.15, 0.2) is 42.7 Å². The molecule has 166 valence electrons. The molecule has 1 aromatic carbocycles. The predicted octanol–water partition coefficient (Wildman–Crippen LogP) is 4.28. The molecule has 10 heteroatoms. The quantitative estimate of drug-likeness (QED) is 0.573. The largest absolute Gasteiger partial charge is 0.471 e. The van der Waals surface area contributed by atoms with Gasteiger partial charge in [-0.15, -0.1) is 0 Å². The van der Waals surface area contributed by atoms with Gasteiger partial charge in [-0.1, -0.05) is 26.0 Å². The lowest BCUT2D eigenvalue weighted by Crippen LogP contribution is -2.25. The zero-order valence-electron chi connectivity index (χ0n) is 17.5. The van der Waals surface area contributed by atoms with Crippen molar-refractivity contribution in [2.45, 2.75) is 46.6 Å². The maximum atomic E-state index is 12.8. The molecule has 7 nitrogen and oxygen atoms in total. The standard InChI is InChI=1S/C21H24F3N5O2/c1-4-16-5-7-18(8-6-16)31-13-28-12-17(10-25-28)26-20(30)14(2)11-29-15(3)9-19(27-29)21(22,23)24/h5-10,12,14H,4,11,13H2,1-3H3,(H,26,30). The molecular weight excluding hydrogens is 411 g/mol. The van der Waals surface area contributed by atoms with E-state index < -0.39 is 17.8 Å². The maximum Gasteiger partial charge on any atom is 0.435 e. The van der Waals surface area contributed by atoms with Crippen LogP contribution in [0, 0.1) is 12.8 Å². The Balaban J connectivity index is 1.53. The molecule has 1 amide bonds. The van der Waals surface area contributed by atoms with E-state index in [-0.39, 0.29) is 19.2 Å². The van der Waals surface area contributed by atoms with E-state index >= 15 is 0 Å². The Morgan fingerprint density at radius 2 is 1.97 bits per heavy atom. The number of alkyl halides is 3. The van der Waals surface area contributed by atoms with Crippen molar-refractivity contribution in [1.29, 1.82) is 0 Å². The molecule has 1 unspecified atom stereocenters. The van der Waals surface area contributed by atoms with Crippen molar-refractivity contribution in [2.24, 2.45) is 5.92 Å². The number of hydrogen-bond donors (Lipinski definition) is 1. The van der Waals surface area contributed by atoms with Gasteiger partial charge in [0.15, 0.2) is 12.4 Å². The second kappa shape index (κ2) is 9.23. The molecule has 3 rings (SSSR count). The molecule has 0 fully saturated rings. The first-order valence-corrected chi connectivity index (χ1v) is 9.82. The Morgan fingerprint density at radius 3 is 2.58 bits per heavy atom. The van der Waals surface area contributed by atoms with Gasteiger partial charge in [-0.2, -0.15) is 23.4 Å². The number of benzene rings is 1. The number of nitrogens with one attached hydrogen (secondary N) is 1. The van der Waals surface area contributed by atoms with Crippen LogP contribution in [0.2, 0.25) is 0 Å². The van der Waals surface area contributed by atoms with Gasteiger partial charge in [-0.25, -0.2) is 4.68 Å². The van der Waals surface area contributed by atoms with Crippen LogP contribution in [-0.4, -0.2) is 25.5 Å². The minimum atomic E-state index is -4.52. The number of carbonyl (C=O) groups is 1. The lowest BCUT2D eigenvalue weighted by molar-refractivity contribution is -0.141. The fourth-order valence-corrected chi connectivity index (χ4v) is 2.90. The highest BCUT2D eigenvalue weighted by molar-refractivity contribution is 5.91. The first-order chi connectivity index (χ1) is 14.7. The SMILES string of the molecule is CCc1ccc(OCn2cc(NC(=O)C(C)Cn3nc(C(F)(F)F)cc3C)cn2)cc1. The Hall–Kier alpha value is -3.30. The summed E-state index contributed by atoms with van der Waals surface area (Å²) in [6.07, 6.45) is -0.471.